The van der Waals surface area contributed by atoms with Crippen molar-refractivity contribution in [1.82, 2.24) is 15.2 Å². The number of likely N-dealkylation sites (tertiary alicyclic amines) is 1. The second-order valence-electron chi connectivity index (χ2n) is 5.63. The van der Waals surface area contributed by atoms with Gasteiger partial charge in [-0.2, -0.15) is 0 Å². The van der Waals surface area contributed by atoms with Crippen molar-refractivity contribution in [2.75, 3.05) is 19.6 Å². The lowest BCUT2D eigenvalue weighted by atomic mass is 9.97. The first-order valence-corrected chi connectivity index (χ1v) is 7.50. The summed E-state index contributed by atoms with van der Waals surface area (Å²) in [6.45, 7) is 9.53. The number of rotatable bonds is 5. The van der Waals surface area contributed by atoms with Gasteiger partial charge in [0, 0.05) is 13.0 Å². The summed E-state index contributed by atoms with van der Waals surface area (Å²) < 4.78 is 5.63. The Morgan fingerprint density at radius 3 is 2.65 bits per heavy atom. The number of nitrogens with one attached hydrogen (secondary N) is 1. The van der Waals surface area contributed by atoms with E-state index >= 15 is 0 Å². The molecule has 2 heterocycles. The number of aryl methyl sites for hydroxylation is 2. The molecule has 1 fully saturated rings. The van der Waals surface area contributed by atoms with Crippen LogP contribution in [0, 0.1) is 19.8 Å². The van der Waals surface area contributed by atoms with Crippen LogP contribution in [0.25, 0.3) is 0 Å². The molecule has 0 spiro atoms. The van der Waals surface area contributed by atoms with Crippen LogP contribution in [0.15, 0.2) is 4.42 Å². The molecule has 1 aliphatic rings. The molecule has 112 valence electrons. The van der Waals surface area contributed by atoms with Gasteiger partial charge in [-0.05, 0) is 45.7 Å². The number of amides is 1. The van der Waals surface area contributed by atoms with Crippen molar-refractivity contribution < 1.29 is 9.21 Å². The molecule has 0 aromatic carbocycles. The van der Waals surface area contributed by atoms with E-state index in [1.54, 1.807) is 0 Å². The van der Waals surface area contributed by atoms with Crippen molar-refractivity contribution in [2.24, 2.45) is 5.92 Å². The van der Waals surface area contributed by atoms with E-state index in [0.29, 0.717) is 12.3 Å². The Morgan fingerprint density at radius 2 is 2.10 bits per heavy atom. The number of piperidine rings is 1. The van der Waals surface area contributed by atoms with Gasteiger partial charge < -0.3 is 9.73 Å². The molecule has 1 aromatic rings. The smallest absolute Gasteiger partial charge is 0.219 e. The molecule has 0 aliphatic carbocycles. The van der Waals surface area contributed by atoms with E-state index in [4.69, 9.17) is 4.42 Å². The summed E-state index contributed by atoms with van der Waals surface area (Å²) in [5.41, 5.74) is 0.983. The number of hydrogen-bond acceptors (Lipinski definition) is 4. The Bertz CT molecular complexity index is 428. The Balaban J connectivity index is 1.72. The molecule has 1 N–H and O–H groups in total. The first-order chi connectivity index (χ1) is 9.58. The fraction of sp³-hybridized carbons (Fsp3) is 0.733. The predicted molar refractivity (Wildman–Crippen MR) is 77.3 cm³/mol. The average Bonchev–Trinajstić information content (AvgIpc) is 2.76. The number of aromatic nitrogens is 1. The summed E-state index contributed by atoms with van der Waals surface area (Å²) in [5, 5.41) is 2.99. The molecule has 1 saturated heterocycles. The lowest BCUT2D eigenvalue weighted by molar-refractivity contribution is -0.121. The van der Waals surface area contributed by atoms with E-state index in [9.17, 15) is 4.79 Å². The SMILES string of the molecule is CCC(=O)NCC1CCN(Cc2nc(C)c(C)o2)CC1. The fourth-order valence-corrected chi connectivity index (χ4v) is 2.53. The maximum atomic E-state index is 11.3. The van der Waals surface area contributed by atoms with Crippen molar-refractivity contribution >= 4 is 5.91 Å². The summed E-state index contributed by atoms with van der Waals surface area (Å²) in [6.07, 6.45) is 2.83. The van der Waals surface area contributed by atoms with Crippen molar-refractivity contribution in [3.05, 3.63) is 17.3 Å². The molecule has 0 saturated carbocycles. The minimum atomic E-state index is 0.151. The summed E-state index contributed by atoms with van der Waals surface area (Å²) in [5.74, 6) is 2.49. The second kappa shape index (κ2) is 6.88. The average molecular weight is 279 g/mol. The molecular formula is C15H25N3O2. The van der Waals surface area contributed by atoms with Crippen LogP contribution in [0.5, 0.6) is 0 Å². The van der Waals surface area contributed by atoms with E-state index in [-0.39, 0.29) is 5.91 Å². The topological polar surface area (TPSA) is 58.4 Å². The van der Waals surface area contributed by atoms with Gasteiger partial charge in [0.1, 0.15) is 5.76 Å². The van der Waals surface area contributed by atoms with Crippen molar-refractivity contribution in [1.29, 1.82) is 0 Å². The molecule has 0 bridgehead atoms. The highest BCUT2D eigenvalue weighted by molar-refractivity contribution is 5.75. The first kappa shape index (κ1) is 15.0. The quantitative estimate of drug-likeness (QED) is 0.896. The minimum absolute atomic E-state index is 0.151. The summed E-state index contributed by atoms with van der Waals surface area (Å²) in [7, 11) is 0. The monoisotopic (exact) mass is 279 g/mol. The number of carbonyl (C=O) groups excluding carboxylic acids is 1. The standard InChI is InChI=1S/C15H25N3O2/c1-4-14(19)16-9-13-5-7-18(8-6-13)10-15-17-11(2)12(3)20-15/h13H,4-10H2,1-3H3,(H,16,19). The molecule has 20 heavy (non-hydrogen) atoms. The normalized spacial score (nSPS) is 17.4. The number of nitrogens with zero attached hydrogens (tertiary/aromatic N) is 2. The van der Waals surface area contributed by atoms with E-state index in [2.05, 4.69) is 15.2 Å². The lowest BCUT2D eigenvalue weighted by Gasteiger charge is -2.31. The summed E-state index contributed by atoms with van der Waals surface area (Å²) >= 11 is 0. The number of oxazole rings is 1. The van der Waals surface area contributed by atoms with Gasteiger partial charge in [0.05, 0.1) is 12.2 Å². The van der Waals surface area contributed by atoms with Crippen molar-refractivity contribution in [3.8, 4) is 0 Å². The highest BCUT2D eigenvalue weighted by atomic mass is 16.4. The van der Waals surface area contributed by atoms with Gasteiger partial charge in [0.25, 0.3) is 0 Å². The van der Waals surface area contributed by atoms with Gasteiger partial charge in [0.2, 0.25) is 11.8 Å². The maximum absolute atomic E-state index is 11.3. The minimum Gasteiger partial charge on any atom is -0.444 e. The zero-order chi connectivity index (χ0) is 14.5. The van der Waals surface area contributed by atoms with Crippen LogP contribution < -0.4 is 5.32 Å². The van der Waals surface area contributed by atoms with E-state index in [1.807, 2.05) is 20.8 Å². The molecule has 0 radical (unpaired) electrons. The van der Waals surface area contributed by atoms with E-state index in [1.165, 1.54) is 0 Å². The molecular weight excluding hydrogens is 254 g/mol. The van der Waals surface area contributed by atoms with Gasteiger partial charge >= 0.3 is 0 Å². The predicted octanol–water partition coefficient (Wildman–Crippen LogP) is 2.03. The molecule has 5 nitrogen and oxygen atoms in total. The third-order valence-corrected chi connectivity index (χ3v) is 4.05. The van der Waals surface area contributed by atoms with Crippen molar-refractivity contribution in [2.45, 2.75) is 46.6 Å². The first-order valence-electron chi connectivity index (χ1n) is 7.50. The van der Waals surface area contributed by atoms with Gasteiger partial charge in [-0.3, -0.25) is 9.69 Å². The molecule has 1 aromatic heterocycles. The van der Waals surface area contributed by atoms with E-state index in [0.717, 1.165) is 56.4 Å². The number of carbonyl (C=O) groups is 1. The Kier molecular flexibility index (Phi) is 5.17. The third kappa shape index (κ3) is 4.07. The fourth-order valence-electron chi connectivity index (χ4n) is 2.53. The maximum Gasteiger partial charge on any atom is 0.219 e. The number of hydrogen-bond donors (Lipinski definition) is 1. The van der Waals surface area contributed by atoms with Crippen LogP contribution >= 0.6 is 0 Å². The lowest BCUT2D eigenvalue weighted by Crippen LogP contribution is -2.38. The summed E-state index contributed by atoms with van der Waals surface area (Å²) in [6, 6.07) is 0. The zero-order valence-electron chi connectivity index (χ0n) is 12.7. The van der Waals surface area contributed by atoms with Crippen LogP contribution in [-0.2, 0) is 11.3 Å². The van der Waals surface area contributed by atoms with Gasteiger partial charge in [-0.25, -0.2) is 4.98 Å². The zero-order valence-corrected chi connectivity index (χ0v) is 12.7. The van der Waals surface area contributed by atoms with Gasteiger partial charge in [0.15, 0.2) is 0 Å². The molecule has 0 atom stereocenters. The van der Waals surface area contributed by atoms with Gasteiger partial charge in [-0.1, -0.05) is 6.92 Å². The highest BCUT2D eigenvalue weighted by Gasteiger charge is 2.21. The molecule has 1 aliphatic heterocycles. The molecule has 0 unspecified atom stereocenters. The largest absolute Gasteiger partial charge is 0.444 e. The Labute approximate surface area is 120 Å². The molecule has 2 rings (SSSR count). The van der Waals surface area contributed by atoms with Gasteiger partial charge in [-0.15, -0.1) is 0 Å². The third-order valence-electron chi connectivity index (χ3n) is 4.05. The van der Waals surface area contributed by atoms with Crippen LogP contribution in [0.1, 0.15) is 43.5 Å². The van der Waals surface area contributed by atoms with Crippen LogP contribution in [0.4, 0.5) is 0 Å². The van der Waals surface area contributed by atoms with Crippen molar-refractivity contribution in [3.63, 3.8) is 0 Å². The van der Waals surface area contributed by atoms with Crippen LogP contribution in [0.3, 0.4) is 0 Å². The van der Waals surface area contributed by atoms with Crippen LogP contribution in [-0.4, -0.2) is 35.4 Å². The van der Waals surface area contributed by atoms with E-state index < -0.39 is 0 Å². The molecule has 1 amide bonds. The van der Waals surface area contributed by atoms with Crippen LogP contribution in [0.2, 0.25) is 0 Å². The molecule has 5 heteroatoms. The Morgan fingerprint density at radius 1 is 1.40 bits per heavy atom. The highest BCUT2D eigenvalue weighted by Crippen LogP contribution is 2.19. The second-order valence-corrected chi connectivity index (χ2v) is 5.63. The summed E-state index contributed by atoms with van der Waals surface area (Å²) in [4.78, 5) is 18.1. The Hall–Kier alpha value is -1.36.